The Morgan fingerprint density at radius 3 is 2.71 bits per heavy atom. The highest BCUT2D eigenvalue weighted by Gasteiger charge is 2.28. The number of para-hydroxylation sites is 1. The molecule has 0 atom stereocenters. The highest BCUT2D eigenvalue weighted by molar-refractivity contribution is 6.04. The largest absolute Gasteiger partial charge is 0.340 e. The molecule has 1 aromatic carbocycles. The van der Waals surface area contributed by atoms with Crippen molar-refractivity contribution in [2.75, 3.05) is 13.6 Å². The van der Waals surface area contributed by atoms with E-state index >= 15 is 0 Å². The number of nitrogens with zero attached hydrogens (tertiary/aromatic N) is 3. The normalized spacial score (nSPS) is 15.7. The van der Waals surface area contributed by atoms with Gasteiger partial charge in [-0.25, -0.2) is 0 Å². The summed E-state index contributed by atoms with van der Waals surface area (Å²) < 4.78 is 1.69. The van der Waals surface area contributed by atoms with Crippen LogP contribution < -0.4 is 0 Å². The first-order valence-corrected chi connectivity index (χ1v) is 7.02. The first kappa shape index (κ1) is 13.6. The molecule has 3 rings (SSSR count). The molecule has 0 unspecified atom stereocenters. The molecule has 110 valence electrons. The Labute approximate surface area is 122 Å². The molecule has 1 aliphatic heterocycles. The van der Waals surface area contributed by atoms with Crippen LogP contribution in [0.15, 0.2) is 18.2 Å². The van der Waals surface area contributed by atoms with Crippen LogP contribution in [0.25, 0.3) is 10.9 Å². The molecule has 21 heavy (non-hydrogen) atoms. The van der Waals surface area contributed by atoms with Crippen molar-refractivity contribution >= 4 is 22.5 Å². The molecule has 2 heterocycles. The van der Waals surface area contributed by atoms with E-state index in [4.69, 9.17) is 0 Å². The number of rotatable bonds is 1. The monoisotopic (exact) mass is 287 g/mol. The Kier molecular flexibility index (Phi) is 3.16. The molecule has 0 spiro atoms. The van der Waals surface area contributed by atoms with E-state index in [1.54, 1.807) is 29.6 Å². The fourth-order valence-corrected chi connectivity index (χ4v) is 3.18. The average molecular weight is 287 g/mol. The lowest BCUT2D eigenvalue weighted by atomic mass is 10.0. The van der Waals surface area contributed by atoms with Gasteiger partial charge in [0.2, 0.25) is 0 Å². The second-order valence-corrected chi connectivity index (χ2v) is 5.50. The Bertz CT molecular complexity index is 748. The van der Waals surface area contributed by atoms with Crippen molar-refractivity contribution in [2.24, 2.45) is 7.05 Å². The molecular formula is C15H17N3O3. The van der Waals surface area contributed by atoms with Gasteiger partial charge in [0.1, 0.15) is 11.2 Å². The van der Waals surface area contributed by atoms with Crippen molar-refractivity contribution in [1.82, 2.24) is 9.47 Å². The number of hydrogen-bond donors (Lipinski definition) is 0. The summed E-state index contributed by atoms with van der Waals surface area (Å²) in [5, 5.41) is 12.1. The maximum absolute atomic E-state index is 12.6. The summed E-state index contributed by atoms with van der Waals surface area (Å²) in [5.74, 6) is -0.0577. The zero-order valence-corrected chi connectivity index (χ0v) is 12.1. The van der Waals surface area contributed by atoms with E-state index in [9.17, 15) is 14.9 Å². The SMILES string of the molecule is CN1CCCCc2c(n(C)c3c([N+](=O)[O-])cccc23)C1=O. The molecule has 0 aliphatic carbocycles. The fraction of sp³-hybridized carbons (Fsp3) is 0.400. The van der Waals surface area contributed by atoms with Crippen LogP contribution in [0.1, 0.15) is 28.9 Å². The molecule has 0 fully saturated rings. The number of carbonyl (C=O) groups is 1. The smallest absolute Gasteiger partial charge is 0.293 e. The molecule has 0 saturated carbocycles. The van der Waals surface area contributed by atoms with E-state index in [1.807, 2.05) is 6.07 Å². The quantitative estimate of drug-likeness (QED) is 0.597. The van der Waals surface area contributed by atoms with Gasteiger partial charge >= 0.3 is 0 Å². The van der Waals surface area contributed by atoms with Gasteiger partial charge in [0.05, 0.1) is 4.92 Å². The predicted molar refractivity (Wildman–Crippen MR) is 79.5 cm³/mol. The second kappa shape index (κ2) is 4.87. The van der Waals surface area contributed by atoms with Gasteiger partial charge in [-0.15, -0.1) is 0 Å². The van der Waals surface area contributed by atoms with Crippen molar-refractivity contribution < 1.29 is 9.72 Å². The lowest BCUT2D eigenvalue weighted by Gasteiger charge is -2.21. The number of fused-ring (bicyclic) bond motifs is 3. The summed E-state index contributed by atoms with van der Waals surface area (Å²) >= 11 is 0. The Morgan fingerprint density at radius 1 is 1.24 bits per heavy atom. The number of carbonyl (C=O) groups excluding carboxylic acids is 1. The minimum atomic E-state index is -0.385. The van der Waals surface area contributed by atoms with Crippen molar-refractivity contribution in [1.29, 1.82) is 0 Å². The van der Waals surface area contributed by atoms with E-state index in [-0.39, 0.29) is 16.5 Å². The third-order valence-electron chi connectivity index (χ3n) is 4.21. The molecule has 1 aromatic heterocycles. The highest BCUT2D eigenvalue weighted by atomic mass is 16.6. The van der Waals surface area contributed by atoms with Crippen LogP contribution in [0.3, 0.4) is 0 Å². The van der Waals surface area contributed by atoms with Crippen molar-refractivity contribution in [3.63, 3.8) is 0 Å². The second-order valence-electron chi connectivity index (χ2n) is 5.50. The summed E-state index contributed by atoms with van der Waals surface area (Å²) in [6, 6.07) is 5.05. The summed E-state index contributed by atoms with van der Waals surface area (Å²) in [7, 11) is 3.52. The van der Waals surface area contributed by atoms with E-state index < -0.39 is 0 Å². The molecule has 1 aliphatic rings. The lowest BCUT2D eigenvalue weighted by molar-refractivity contribution is -0.383. The number of aryl methyl sites for hydroxylation is 2. The fourth-order valence-electron chi connectivity index (χ4n) is 3.18. The minimum absolute atomic E-state index is 0.0530. The van der Waals surface area contributed by atoms with Gasteiger partial charge in [-0.3, -0.25) is 14.9 Å². The minimum Gasteiger partial charge on any atom is -0.340 e. The van der Waals surface area contributed by atoms with Gasteiger partial charge in [0.25, 0.3) is 11.6 Å². The highest BCUT2D eigenvalue weighted by Crippen LogP contribution is 2.34. The first-order valence-electron chi connectivity index (χ1n) is 7.02. The average Bonchev–Trinajstić information content (AvgIpc) is 2.73. The molecule has 0 bridgehead atoms. The topological polar surface area (TPSA) is 68.4 Å². The molecule has 0 radical (unpaired) electrons. The maximum atomic E-state index is 12.6. The number of benzene rings is 1. The summed E-state index contributed by atoms with van der Waals surface area (Å²) in [6.45, 7) is 0.724. The van der Waals surface area contributed by atoms with Crippen LogP contribution >= 0.6 is 0 Å². The van der Waals surface area contributed by atoms with Gasteiger partial charge in [0, 0.05) is 32.1 Å². The van der Waals surface area contributed by atoms with Crippen molar-refractivity contribution in [2.45, 2.75) is 19.3 Å². The third-order valence-corrected chi connectivity index (χ3v) is 4.21. The molecule has 6 heteroatoms. The van der Waals surface area contributed by atoms with E-state index in [0.717, 1.165) is 36.8 Å². The van der Waals surface area contributed by atoms with Crippen LogP contribution in [-0.2, 0) is 13.5 Å². The zero-order valence-electron chi connectivity index (χ0n) is 12.1. The van der Waals surface area contributed by atoms with Crippen LogP contribution in [0, 0.1) is 10.1 Å². The van der Waals surface area contributed by atoms with Crippen LogP contribution in [0.4, 0.5) is 5.69 Å². The number of nitro groups is 1. The van der Waals surface area contributed by atoms with Gasteiger partial charge in [-0.05, 0) is 24.8 Å². The summed E-state index contributed by atoms with van der Waals surface area (Å²) in [5.41, 5.74) is 2.11. The van der Waals surface area contributed by atoms with Crippen molar-refractivity contribution in [3.8, 4) is 0 Å². The number of hydrogen-bond acceptors (Lipinski definition) is 3. The van der Waals surface area contributed by atoms with Crippen molar-refractivity contribution in [3.05, 3.63) is 39.6 Å². The molecule has 1 amide bonds. The number of non-ortho nitro benzene ring substituents is 1. The number of amides is 1. The van der Waals surface area contributed by atoms with Crippen LogP contribution in [0.2, 0.25) is 0 Å². The third kappa shape index (κ3) is 1.98. The first-order chi connectivity index (χ1) is 10.0. The van der Waals surface area contributed by atoms with Crippen LogP contribution in [0.5, 0.6) is 0 Å². The predicted octanol–water partition coefficient (Wildman–Crippen LogP) is 2.49. The molecule has 0 N–H and O–H groups in total. The number of aromatic nitrogens is 1. The molecule has 0 saturated heterocycles. The van der Waals surface area contributed by atoms with Gasteiger partial charge in [0.15, 0.2) is 0 Å². The standard InChI is InChI=1S/C15H17N3O3/c1-16-9-4-3-6-11-10-7-5-8-12(18(20)21)13(10)17(2)14(11)15(16)19/h5,7-8H,3-4,6,9H2,1-2H3. The summed E-state index contributed by atoms with van der Waals surface area (Å²) in [4.78, 5) is 25.2. The molecule has 2 aromatic rings. The zero-order chi connectivity index (χ0) is 15.1. The maximum Gasteiger partial charge on any atom is 0.293 e. The van der Waals surface area contributed by atoms with Gasteiger partial charge in [-0.2, -0.15) is 0 Å². The van der Waals surface area contributed by atoms with E-state index in [0.29, 0.717) is 11.2 Å². The molecule has 6 nitrogen and oxygen atoms in total. The Hall–Kier alpha value is -2.37. The van der Waals surface area contributed by atoms with E-state index in [1.165, 1.54) is 6.07 Å². The summed E-state index contributed by atoms with van der Waals surface area (Å²) in [6.07, 6.45) is 2.72. The van der Waals surface area contributed by atoms with E-state index in [2.05, 4.69) is 0 Å². The molecular weight excluding hydrogens is 270 g/mol. The van der Waals surface area contributed by atoms with Crippen LogP contribution in [-0.4, -0.2) is 33.9 Å². The lowest BCUT2D eigenvalue weighted by Crippen LogP contribution is -2.31. The Morgan fingerprint density at radius 2 is 2.00 bits per heavy atom. The van der Waals surface area contributed by atoms with Gasteiger partial charge in [-0.1, -0.05) is 12.1 Å². The Balaban J connectivity index is 2.37. The van der Waals surface area contributed by atoms with Gasteiger partial charge < -0.3 is 9.47 Å². The number of nitro benzene ring substituents is 1.